The second-order valence-corrected chi connectivity index (χ2v) is 8.24. The summed E-state index contributed by atoms with van der Waals surface area (Å²) in [7, 11) is 8.37. The molecule has 8 nitrogen and oxygen atoms in total. The van der Waals surface area contributed by atoms with Gasteiger partial charge < -0.3 is 23.8 Å². The molecule has 0 spiro atoms. The van der Waals surface area contributed by atoms with Crippen LogP contribution in [0, 0.1) is 0 Å². The highest BCUT2D eigenvalue weighted by Crippen LogP contribution is 2.40. The molecule has 2 rings (SSSR count). The zero-order valence-electron chi connectivity index (χ0n) is 18.1. The molecule has 0 radical (unpaired) electrons. The fourth-order valence-corrected chi connectivity index (χ4v) is 3.95. The summed E-state index contributed by atoms with van der Waals surface area (Å²) in [5.41, 5.74) is 0.702. The van der Waals surface area contributed by atoms with Gasteiger partial charge in [-0.05, 0) is 37.9 Å². The Kier molecular flexibility index (Phi) is 11.1. The first-order valence-electron chi connectivity index (χ1n) is 9.16. The highest BCUT2D eigenvalue weighted by Gasteiger charge is 2.32. The number of esters is 1. The van der Waals surface area contributed by atoms with Crippen molar-refractivity contribution in [1.29, 1.82) is 0 Å². The van der Waals surface area contributed by atoms with Crippen molar-refractivity contribution in [2.45, 2.75) is 6.42 Å². The molecule has 1 fully saturated rings. The van der Waals surface area contributed by atoms with Crippen molar-refractivity contribution in [3.05, 3.63) is 22.6 Å². The first-order chi connectivity index (χ1) is 14.3. The van der Waals surface area contributed by atoms with Crippen LogP contribution in [0.4, 0.5) is 0 Å². The van der Waals surface area contributed by atoms with Gasteiger partial charge in [0.25, 0.3) is 5.91 Å². The van der Waals surface area contributed by atoms with E-state index in [0.717, 1.165) is 0 Å². The minimum Gasteiger partial charge on any atom is -0.493 e. The summed E-state index contributed by atoms with van der Waals surface area (Å²) in [6.07, 6.45) is 1.79. The highest BCUT2D eigenvalue weighted by molar-refractivity contribution is 8.26. The van der Waals surface area contributed by atoms with Crippen molar-refractivity contribution in [1.82, 2.24) is 9.80 Å². The van der Waals surface area contributed by atoms with E-state index in [2.05, 4.69) is 0 Å². The zero-order valence-corrected chi connectivity index (χ0v) is 20.6. The SMILES string of the molecule is COc1cc(C=C2SC(=S)N(CCC(=O)OCCN(C)C)C2=O)cc(OC)c1OC.Cl. The molecule has 11 heteroatoms. The molecule has 1 aromatic rings. The number of ether oxygens (including phenoxy) is 4. The first kappa shape index (κ1) is 27.0. The standard InChI is InChI=1S/C20H26N2O6S2.ClH/c1-21(2)8-9-28-17(23)6-7-22-19(24)16(30-20(22)29)12-13-10-14(25-3)18(27-5)15(11-13)26-4;/h10-12H,6-9H2,1-5H3;1H. The van der Waals surface area contributed by atoms with Crippen molar-refractivity contribution in [2.24, 2.45) is 0 Å². The van der Waals surface area contributed by atoms with Crippen molar-refractivity contribution in [3.63, 3.8) is 0 Å². The minimum absolute atomic E-state index is 0. The number of nitrogens with zero attached hydrogens (tertiary/aromatic N) is 2. The molecular weight excluding hydrogens is 464 g/mol. The molecule has 1 aliphatic heterocycles. The van der Waals surface area contributed by atoms with Crippen molar-refractivity contribution >= 4 is 58.7 Å². The van der Waals surface area contributed by atoms with Gasteiger partial charge in [0.05, 0.1) is 32.7 Å². The fourth-order valence-electron chi connectivity index (χ4n) is 2.65. The lowest BCUT2D eigenvalue weighted by molar-refractivity contribution is -0.144. The normalized spacial score (nSPS) is 14.6. The Hall–Kier alpha value is -2.01. The topological polar surface area (TPSA) is 77.5 Å². The van der Waals surface area contributed by atoms with Crippen LogP contribution in [-0.2, 0) is 14.3 Å². The van der Waals surface area contributed by atoms with Gasteiger partial charge in [-0.25, -0.2) is 0 Å². The molecule has 0 aliphatic carbocycles. The lowest BCUT2D eigenvalue weighted by atomic mass is 10.1. The summed E-state index contributed by atoms with van der Waals surface area (Å²) in [5.74, 6) is 0.829. The van der Waals surface area contributed by atoms with Gasteiger partial charge in [-0.2, -0.15) is 0 Å². The maximum Gasteiger partial charge on any atom is 0.307 e. The number of likely N-dealkylation sites (N-methyl/N-ethyl adjacent to an activating group) is 1. The first-order valence-corrected chi connectivity index (χ1v) is 10.4. The lowest BCUT2D eigenvalue weighted by Crippen LogP contribution is -2.31. The predicted molar refractivity (Wildman–Crippen MR) is 127 cm³/mol. The van der Waals surface area contributed by atoms with E-state index >= 15 is 0 Å². The lowest BCUT2D eigenvalue weighted by Gasteiger charge is -2.14. The van der Waals surface area contributed by atoms with E-state index in [-0.39, 0.29) is 37.2 Å². The van der Waals surface area contributed by atoms with Gasteiger partial charge in [0.2, 0.25) is 5.75 Å². The Morgan fingerprint density at radius 1 is 1.16 bits per heavy atom. The molecular formula is C20H27ClN2O6S2. The molecule has 31 heavy (non-hydrogen) atoms. The predicted octanol–water partition coefficient (Wildman–Crippen LogP) is 2.83. The summed E-state index contributed by atoms with van der Waals surface area (Å²) in [6.45, 7) is 1.13. The van der Waals surface area contributed by atoms with Crippen LogP contribution in [-0.4, -0.2) is 81.1 Å². The third-order valence-corrected chi connectivity index (χ3v) is 5.58. The summed E-state index contributed by atoms with van der Waals surface area (Å²) < 4.78 is 21.6. The fraction of sp³-hybridized carbons (Fsp3) is 0.450. The number of thioether (sulfide) groups is 1. The van der Waals surface area contributed by atoms with E-state index < -0.39 is 0 Å². The van der Waals surface area contributed by atoms with E-state index in [4.69, 9.17) is 31.2 Å². The number of halogens is 1. The maximum absolute atomic E-state index is 12.8. The third-order valence-electron chi connectivity index (χ3n) is 4.20. The van der Waals surface area contributed by atoms with Crippen molar-refractivity contribution in [2.75, 3.05) is 55.1 Å². The Labute approximate surface area is 198 Å². The molecule has 172 valence electrons. The molecule has 0 atom stereocenters. The van der Waals surface area contributed by atoms with Crippen LogP contribution in [0.1, 0.15) is 12.0 Å². The van der Waals surface area contributed by atoms with Crippen LogP contribution < -0.4 is 14.2 Å². The minimum atomic E-state index is -0.362. The van der Waals surface area contributed by atoms with Gasteiger partial charge in [-0.3, -0.25) is 14.5 Å². The van der Waals surface area contributed by atoms with Crippen molar-refractivity contribution < 1.29 is 28.5 Å². The second kappa shape index (κ2) is 12.7. The third kappa shape index (κ3) is 7.27. The van der Waals surface area contributed by atoms with E-state index in [9.17, 15) is 9.59 Å². The Morgan fingerprint density at radius 2 is 1.77 bits per heavy atom. The summed E-state index contributed by atoms with van der Waals surface area (Å²) in [6, 6.07) is 3.49. The number of carbonyl (C=O) groups is 2. The average molecular weight is 491 g/mol. The summed E-state index contributed by atoms with van der Waals surface area (Å²) in [5, 5.41) is 0. The Bertz CT molecular complexity index is 822. The van der Waals surface area contributed by atoms with Crippen LogP contribution in [0.3, 0.4) is 0 Å². The number of hydrogen-bond acceptors (Lipinski definition) is 9. The van der Waals surface area contributed by atoms with Gasteiger partial charge >= 0.3 is 5.97 Å². The molecule has 0 saturated carbocycles. The Morgan fingerprint density at radius 3 is 2.29 bits per heavy atom. The van der Waals surface area contributed by atoms with E-state index in [0.29, 0.717) is 45.2 Å². The summed E-state index contributed by atoms with van der Waals surface area (Å²) in [4.78, 5) is 28.4. The zero-order chi connectivity index (χ0) is 22.3. The summed E-state index contributed by atoms with van der Waals surface area (Å²) >= 11 is 6.50. The number of rotatable bonds is 10. The van der Waals surface area contributed by atoms with E-state index in [1.54, 1.807) is 18.2 Å². The van der Waals surface area contributed by atoms with Crippen LogP contribution in [0.15, 0.2) is 17.0 Å². The maximum atomic E-state index is 12.8. The number of carbonyl (C=O) groups excluding carboxylic acids is 2. The van der Waals surface area contributed by atoms with Gasteiger partial charge in [-0.15, -0.1) is 12.4 Å². The Balaban J connectivity index is 0.00000480. The largest absolute Gasteiger partial charge is 0.493 e. The quantitative estimate of drug-likeness (QED) is 0.279. The van der Waals surface area contributed by atoms with Crippen LogP contribution >= 0.6 is 36.4 Å². The smallest absolute Gasteiger partial charge is 0.307 e. The van der Waals surface area contributed by atoms with Gasteiger partial charge in [0.1, 0.15) is 10.9 Å². The molecule has 0 unspecified atom stereocenters. The highest BCUT2D eigenvalue weighted by atomic mass is 35.5. The number of amides is 1. The monoisotopic (exact) mass is 490 g/mol. The second-order valence-electron chi connectivity index (χ2n) is 6.57. The van der Waals surface area contributed by atoms with E-state index in [1.807, 2.05) is 19.0 Å². The van der Waals surface area contributed by atoms with E-state index in [1.165, 1.54) is 38.0 Å². The number of methoxy groups -OCH3 is 3. The molecule has 0 bridgehead atoms. The van der Waals surface area contributed by atoms with Crippen molar-refractivity contribution in [3.8, 4) is 17.2 Å². The van der Waals surface area contributed by atoms with Gasteiger partial charge in [-0.1, -0.05) is 24.0 Å². The molecule has 1 aromatic carbocycles. The number of hydrogen-bond donors (Lipinski definition) is 0. The van der Waals surface area contributed by atoms with Crippen LogP contribution in [0.25, 0.3) is 6.08 Å². The molecule has 0 N–H and O–H groups in total. The van der Waals surface area contributed by atoms with Crippen LogP contribution in [0.5, 0.6) is 17.2 Å². The van der Waals surface area contributed by atoms with Gasteiger partial charge in [0.15, 0.2) is 11.5 Å². The molecule has 1 aliphatic rings. The molecule has 1 saturated heterocycles. The van der Waals surface area contributed by atoms with Crippen LogP contribution in [0.2, 0.25) is 0 Å². The number of benzene rings is 1. The molecule has 0 aromatic heterocycles. The molecule has 1 amide bonds. The molecule has 1 heterocycles. The van der Waals surface area contributed by atoms with Gasteiger partial charge in [0, 0.05) is 13.1 Å². The average Bonchev–Trinajstić information content (AvgIpc) is 2.97. The number of thiocarbonyl (C=S) groups is 1.